The molecule has 1 heterocycles. The lowest BCUT2D eigenvalue weighted by molar-refractivity contribution is -0.0893. The van der Waals surface area contributed by atoms with E-state index in [4.69, 9.17) is 16.3 Å². The van der Waals surface area contributed by atoms with Crippen LogP contribution in [0.1, 0.15) is 27.7 Å². The standard InChI is InChI=1S/C22H21BClO2S/c1-21(2,25)22(3,4)26-23-17-11-16-15-9-13-7-5-6-8-14(13)10-19(15)27-20(16)12-18(17)24/h5-12,25H,1-4H3. The first-order chi connectivity index (χ1) is 12.7. The lowest BCUT2D eigenvalue weighted by Crippen LogP contribution is -2.49. The maximum absolute atomic E-state index is 10.3. The van der Waals surface area contributed by atoms with E-state index in [1.54, 1.807) is 32.7 Å². The molecule has 1 N–H and O–H groups in total. The molecule has 0 atom stereocenters. The summed E-state index contributed by atoms with van der Waals surface area (Å²) in [6.45, 7) is 7.20. The third kappa shape index (κ3) is 3.36. The van der Waals surface area contributed by atoms with E-state index < -0.39 is 11.2 Å². The van der Waals surface area contributed by atoms with Crippen LogP contribution in [0.2, 0.25) is 5.02 Å². The van der Waals surface area contributed by atoms with Crippen molar-refractivity contribution < 1.29 is 9.76 Å². The summed E-state index contributed by atoms with van der Waals surface area (Å²) in [6.07, 6.45) is 0. The van der Waals surface area contributed by atoms with Gasteiger partial charge in [-0.25, -0.2) is 0 Å². The average molecular weight is 396 g/mol. The molecule has 0 spiro atoms. The smallest absolute Gasteiger partial charge is 0.332 e. The van der Waals surface area contributed by atoms with Crippen LogP contribution < -0.4 is 5.46 Å². The van der Waals surface area contributed by atoms with Gasteiger partial charge in [0.05, 0.1) is 11.2 Å². The monoisotopic (exact) mass is 395 g/mol. The van der Waals surface area contributed by atoms with Crippen molar-refractivity contribution >= 4 is 66.8 Å². The van der Waals surface area contributed by atoms with Gasteiger partial charge >= 0.3 is 7.48 Å². The van der Waals surface area contributed by atoms with Gasteiger partial charge in [-0.1, -0.05) is 41.9 Å². The Hall–Kier alpha value is -1.59. The van der Waals surface area contributed by atoms with Crippen molar-refractivity contribution in [3.8, 4) is 0 Å². The van der Waals surface area contributed by atoms with Gasteiger partial charge < -0.3 is 9.76 Å². The molecule has 0 bridgehead atoms. The van der Waals surface area contributed by atoms with Gasteiger partial charge in [0.1, 0.15) is 0 Å². The summed E-state index contributed by atoms with van der Waals surface area (Å²) < 4.78 is 8.31. The normalized spacial score (nSPS) is 13.0. The van der Waals surface area contributed by atoms with Gasteiger partial charge in [-0.2, -0.15) is 0 Å². The quantitative estimate of drug-likeness (QED) is 0.451. The summed E-state index contributed by atoms with van der Waals surface area (Å²) in [5.41, 5.74) is -0.902. The van der Waals surface area contributed by atoms with Gasteiger partial charge in [-0.3, -0.25) is 0 Å². The molecule has 1 radical (unpaired) electrons. The maximum atomic E-state index is 10.3. The predicted molar refractivity (Wildman–Crippen MR) is 119 cm³/mol. The molecule has 3 aromatic carbocycles. The Labute approximate surface area is 169 Å². The number of hydrogen-bond acceptors (Lipinski definition) is 3. The highest BCUT2D eigenvalue weighted by Crippen LogP contribution is 2.37. The predicted octanol–water partition coefficient (Wildman–Crippen LogP) is 5.67. The Kier molecular flexibility index (Phi) is 4.51. The van der Waals surface area contributed by atoms with Crippen molar-refractivity contribution in [2.24, 2.45) is 0 Å². The lowest BCUT2D eigenvalue weighted by atomic mass is 9.82. The summed E-state index contributed by atoms with van der Waals surface area (Å²) >= 11 is 8.26. The molecule has 2 nitrogen and oxygen atoms in total. The van der Waals surface area contributed by atoms with Crippen molar-refractivity contribution in [1.29, 1.82) is 0 Å². The van der Waals surface area contributed by atoms with Crippen LogP contribution in [0.5, 0.6) is 0 Å². The van der Waals surface area contributed by atoms with Crippen molar-refractivity contribution in [1.82, 2.24) is 0 Å². The molecule has 0 amide bonds. The summed E-state index contributed by atoms with van der Waals surface area (Å²) in [6, 6.07) is 16.9. The zero-order chi connectivity index (χ0) is 19.4. The van der Waals surface area contributed by atoms with Crippen LogP contribution in [0.25, 0.3) is 30.9 Å². The van der Waals surface area contributed by atoms with Gasteiger partial charge in [0, 0.05) is 19.8 Å². The largest absolute Gasteiger partial charge is 0.427 e. The first kappa shape index (κ1) is 18.8. The van der Waals surface area contributed by atoms with E-state index in [0.29, 0.717) is 5.02 Å². The third-order valence-corrected chi connectivity index (χ3v) is 6.85. The van der Waals surface area contributed by atoms with Crippen molar-refractivity contribution in [3.63, 3.8) is 0 Å². The molecular formula is C22H21BClO2S. The van der Waals surface area contributed by atoms with Gasteiger partial charge in [0.2, 0.25) is 0 Å². The molecule has 5 heteroatoms. The summed E-state index contributed by atoms with van der Waals surface area (Å²) in [5.74, 6) is 0. The molecule has 0 saturated heterocycles. The second-order valence-electron chi connectivity index (χ2n) is 7.97. The molecule has 4 rings (SSSR count). The average Bonchev–Trinajstić information content (AvgIpc) is 2.92. The first-order valence-electron chi connectivity index (χ1n) is 8.94. The first-order valence-corrected chi connectivity index (χ1v) is 10.1. The van der Waals surface area contributed by atoms with E-state index in [0.717, 1.165) is 10.2 Å². The van der Waals surface area contributed by atoms with Gasteiger partial charge in [0.25, 0.3) is 0 Å². The second kappa shape index (κ2) is 6.49. The molecule has 0 saturated carbocycles. The highest BCUT2D eigenvalue weighted by atomic mass is 35.5. The van der Waals surface area contributed by atoms with E-state index in [1.165, 1.54) is 26.2 Å². The molecule has 27 heavy (non-hydrogen) atoms. The molecule has 137 valence electrons. The Morgan fingerprint density at radius 1 is 0.926 bits per heavy atom. The highest BCUT2D eigenvalue weighted by Gasteiger charge is 2.35. The number of fused-ring (bicyclic) bond motifs is 4. The van der Waals surface area contributed by atoms with E-state index >= 15 is 0 Å². The fourth-order valence-electron chi connectivity index (χ4n) is 2.94. The molecule has 0 fully saturated rings. The van der Waals surface area contributed by atoms with Crippen LogP contribution >= 0.6 is 22.9 Å². The summed E-state index contributed by atoms with van der Waals surface area (Å²) in [4.78, 5) is 0. The summed E-state index contributed by atoms with van der Waals surface area (Å²) in [7, 11) is 1.66. The van der Waals surface area contributed by atoms with Gasteiger partial charge in [-0.15, -0.1) is 11.3 Å². The molecule has 1 aromatic heterocycles. The molecule has 0 aliphatic carbocycles. The zero-order valence-electron chi connectivity index (χ0n) is 15.8. The van der Waals surface area contributed by atoms with Crippen molar-refractivity contribution in [3.05, 3.63) is 53.6 Å². The molecule has 0 aliphatic heterocycles. The fourth-order valence-corrected chi connectivity index (χ4v) is 4.37. The minimum atomic E-state index is -0.978. The number of rotatable bonds is 4. The van der Waals surface area contributed by atoms with E-state index in [-0.39, 0.29) is 0 Å². The third-order valence-electron chi connectivity index (χ3n) is 5.41. The zero-order valence-corrected chi connectivity index (χ0v) is 17.4. The second-order valence-corrected chi connectivity index (χ2v) is 9.46. The Morgan fingerprint density at radius 3 is 2.19 bits per heavy atom. The Bertz CT molecular complexity index is 1160. The van der Waals surface area contributed by atoms with E-state index in [2.05, 4.69) is 42.5 Å². The Morgan fingerprint density at radius 2 is 1.52 bits per heavy atom. The molecule has 4 aromatic rings. The van der Waals surface area contributed by atoms with Crippen LogP contribution in [0.3, 0.4) is 0 Å². The van der Waals surface area contributed by atoms with Crippen LogP contribution in [0.4, 0.5) is 0 Å². The lowest BCUT2D eigenvalue weighted by Gasteiger charge is -2.37. The van der Waals surface area contributed by atoms with Crippen LogP contribution in [-0.4, -0.2) is 23.8 Å². The van der Waals surface area contributed by atoms with Gasteiger partial charge in [-0.05, 0) is 67.5 Å². The minimum Gasteiger partial charge on any atom is -0.427 e. The van der Waals surface area contributed by atoms with Crippen LogP contribution in [-0.2, 0) is 4.65 Å². The fraction of sp³-hybridized carbons (Fsp3) is 0.273. The van der Waals surface area contributed by atoms with E-state index in [1.807, 2.05) is 19.9 Å². The van der Waals surface area contributed by atoms with E-state index in [9.17, 15) is 5.11 Å². The molecule has 0 unspecified atom stereocenters. The number of aliphatic hydroxyl groups is 1. The number of halogens is 1. The number of hydrogen-bond donors (Lipinski definition) is 1. The number of thiophene rings is 1. The van der Waals surface area contributed by atoms with Crippen LogP contribution in [0.15, 0.2) is 48.5 Å². The SMILES string of the molecule is CC(C)(O)C(C)(C)O[B]c1cc2c(cc1Cl)sc1cc3ccccc3cc12. The maximum Gasteiger partial charge on any atom is 0.332 e. The summed E-state index contributed by atoms with van der Waals surface area (Å²) in [5, 5.41) is 15.8. The van der Waals surface area contributed by atoms with Crippen LogP contribution in [0, 0.1) is 0 Å². The van der Waals surface area contributed by atoms with Gasteiger partial charge in [0.15, 0.2) is 0 Å². The Balaban J connectivity index is 1.79. The van der Waals surface area contributed by atoms with Crippen molar-refractivity contribution in [2.45, 2.75) is 38.9 Å². The molecule has 0 aliphatic rings. The van der Waals surface area contributed by atoms with Crippen molar-refractivity contribution in [2.75, 3.05) is 0 Å². The molecular weight excluding hydrogens is 375 g/mol. The number of benzene rings is 3. The minimum absolute atomic E-state index is 0.644. The highest BCUT2D eigenvalue weighted by molar-refractivity contribution is 7.26. The topological polar surface area (TPSA) is 29.5 Å².